The van der Waals surface area contributed by atoms with E-state index in [1.165, 1.54) is 18.4 Å². The van der Waals surface area contributed by atoms with Crippen molar-refractivity contribution < 1.29 is 28.5 Å². The number of carbonyl (C=O) groups excluding carboxylic acids is 2. The van der Waals surface area contributed by atoms with Gasteiger partial charge in [-0.25, -0.2) is 14.6 Å². The molecule has 0 N–H and O–H groups in total. The van der Waals surface area contributed by atoms with Gasteiger partial charge in [-0.3, -0.25) is 9.36 Å². The van der Waals surface area contributed by atoms with Gasteiger partial charge in [0, 0.05) is 0 Å². The number of nitrogens with zero attached hydrogens (tertiary/aromatic N) is 2. The molecule has 0 aliphatic carbocycles. The van der Waals surface area contributed by atoms with Crippen LogP contribution < -0.4 is 24.4 Å². The van der Waals surface area contributed by atoms with E-state index in [1.54, 1.807) is 56.5 Å². The second kappa shape index (κ2) is 12.3. The predicted molar refractivity (Wildman–Crippen MR) is 151 cm³/mol. The summed E-state index contributed by atoms with van der Waals surface area (Å²) in [6, 6.07) is 12.2. The molecule has 1 aliphatic rings. The number of thiazole rings is 1. The molecule has 1 atom stereocenters. The number of ether oxygens (including phenoxy) is 4. The molecule has 2 aromatic carbocycles. The number of hydrogen-bond acceptors (Lipinski definition) is 9. The first-order valence-electron chi connectivity index (χ1n) is 12.9. The third-order valence-corrected chi connectivity index (χ3v) is 7.09. The first-order valence-corrected chi connectivity index (χ1v) is 13.7. The van der Waals surface area contributed by atoms with Gasteiger partial charge in [0.05, 0.1) is 41.7 Å². The van der Waals surface area contributed by atoms with E-state index in [2.05, 4.69) is 4.99 Å². The zero-order valence-electron chi connectivity index (χ0n) is 23.3. The molecule has 4 rings (SSSR count). The lowest BCUT2D eigenvalue weighted by molar-refractivity contribution is -0.149. The average molecular weight is 565 g/mol. The normalized spacial score (nSPS) is 15.0. The van der Waals surface area contributed by atoms with Gasteiger partial charge >= 0.3 is 11.9 Å². The molecule has 0 fully saturated rings. The number of hydrogen-bond donors (Lipinski definition) is 0. The zero-order valence-corrected chi connectivity index (χ0v) is 24.2. The van der Waals surface area contributed by atoms with Crippen LogP contribution in [0.5, 0.6) is 11.5 Å². The minimum Gasteiger partial charge on any atom is -0.493 e. The van der Waals surface area contributed by atoms with Gasteiger partial charge in [-0.05, 0) is 64.0 Å². The molecule has 0 saturated carbocycles. The molecule has 3 aromatic rings. The van der Waals surface area contributed by atoms with Crippen LogP contribution in [0.1, 0.15) is 50.4 Å². The van der Waals surface area contributed by atoms with Gasteiger partial charge in [-0.1, -0.05) is 47.2 Å². The van der Waals surface area contributed by atoms with Gasteiger partial charge in [0.2, 0.25) is 0 Å². The van der Waals surface area contributed by atoms with Crippen LogP contribution >= 0.6 is 11.3 Å². The number of benzene rings is 2. The summed E-state index contributed by atoms with van der Waals surface area (Å²) in [6.07, 6.45) is 1.49. The van der Waals surface area contributed by atoms with Crippen LogP contribution in [0.15, 0.2) is 63.5 Å². The van der Waals surface area contributed by atoms with Crippen molar-refractivity contribution in [2.75, 3.05) is 20.3 Å². The summed E-state index contributed by atoms with van der Waals surface area (Å²) in [5, 5.41) is 0. The summed E-state index contributed by atoms with van der Waals surface area (Å²) in [4.78, 5) is 43.8. The molecule has 2 heterocycles. The molecule has 0 radical (unpaired) electrons. The minimum atomic E-state index is -0.672. The smallest absolute Gasteiger partial charge is 0.344 e. The van der Waals surface area contributed by atoms with Crippen molar-refractivity contribution in [3.8, 4) is 11.5 Å². The second-order valence-corrected chi connectivity index (χ2v) is 10.5. The SMILES string of the molecule is CCOC(=O)C1=C(C)N=c2s/c(=C/c3ccc(OCC(=O)OC(C)C)c(OC)c3)c(=O)n2[C@H]1c1ccc(C)cc1. The Balaban J connectivity index is 1.76. The van der Waals surface area contributed by atoms with Gasteiger partial charge < -0.3 is 18.9 Å². The summed E-state index contributed by atoms with van der Waals surface area (Å²) in [7, 11) is 1.49. The van der Waals surface area contributed by atoms with Crippen LogP contribution in [0.25, 0.3) is 6.08 Å². The van der Waals surface area contributed by atoms with Crippen molar-refractivity contribution in [2.24, 2.45) is 4.99 Å². The quantitative estimate of drug-likeness (QED) is 0.367. The van der Waals surface area contributed by atoms with E-state index in [1.807, 2.05) is 31.2 Å². The number of fused-ring (bicyclic) bond motifs is 1. The maximum atomic E-state index is 13.8. The maximum Gasteiger partial charge on any atom is 0.344 e. The Morgan fingerprint density at radius 3 is 2.48 bits per heavy atom. The minimum absolute atomic E-state index is 0.209. The molecule has 0 saturated heterocycles. The van der Waals surface area contributed by atoms with Crippen molar-refractivity contribution >= 4 is 29.4 Å². The molecular formula is C30H32N2O7S. The molecule has 0 bridgehead atoms. The Labute approximate surface area is 236 Å². The van der Waals surface area contributed by atoms with E-state index in [0.717, 1.165) is 11.1 Å². The summed E-state index contributed by atoms with van der Waals surface area (Å²) < 4.78 is 23.5. The Bertz CT molecular complexity index is 1630. The van der Waals surface area contributed by atoms with Crippen LogP contribution in [0.3, 0.4) is 0 Å². The third-order valence-electron chi connectivity index (χ3n) is 6.11. The van der Waals surface area contributed by atoms with Gasteiger partial charge in [0.25, 0.3) is 5.56 Å². The van der Waals surface area contributed by atoms with Crippen LogP contribution in [-0.2, 0) is 19.1 Å². The van der Waals surface area contributed by atoms with Gasteiger partial charge in [-0.15, -0.1) is 0 Å². The van der Waals surface area contributed by atoms with E-state index in [-0.39, 0.29) is 24.9 Å². The lowest BCUT2D eigenvalue weighted by Crippen LogP contribution is -2.39. The lowest BCUT2D eigenvalue weighted by atomic mass is 9.95. The number of esters is 2. The standard InChI is InChI=1S/C30H32N2O7S/c1-7-37-29(35)26-19(5)31-30-32(27(26)21-11-8-18(4)9-12-21)28(34)24(40-30)15-20-10-13-22(23(14-20)36-6)38-16-25(33)39-17(2)3/h8-15,17,27H,7,16H2,1-6H3/b24-15+/t27-/m0/s1. The molecule has 0 amide bonds. The highest BCUT2D eigenvalue weighted by Crippen LogP contribution is 2.31. The summed E-state index contributed by atoms with van der Waals surface area (Å²) in [5.74, 6) is -0.211. The van der Waals surface area contributed by atoms with E-state index in [4.69, 9.17) is 18.9 Å². The first-order chi connectivity index (χ1) is 19.1. The van der Waals surface area contributed by atoms with Crippen LogP contribution in [0, 0.1) is 6.92 Å². The number of allylic oxidation sites excluding steroid dienone is 1. The van der Waals surface area contributed by atoms with E-state index in [9.17, 15) is 14.4 Å². The van der Waals surface area contributed by atoms with Gasteiger partial charge in [0.15, 0.2) is 22.9 Å². The Hall–Kier alpha value is -4.18. The number of aromatic nitrogens is 1. The van der Waals surface area contributed by atoms with Crippen molar-refractivity contribution in [2.45, 2.75) is 46.8 Å². The predicted octanol–water partition coefficient (Wildman–Crippen LogP) is 3.45. The molecule has 10 heteroatoms. The fraction of sp³-hybridized carbons (Fsp3) is 0.333. The fourth-order valence-corrected chi connectivity index (χ4v) is 5.38. The Morgan fingerprint density at radius 1 is 1.10 bits per heavy atom. The molecule has 0 unspecified atom stereocenters. The summed E-state index contributed by atoms with van der Waals surface area (Å²) in [6.45, 7) is 8.95. The molecule has 0 spiro atoms. The van der Waals surface area contributed by atoms with Crippen molar-refractivity contribution in [3.63, 3.8) is 0 Å². The number of rotatable bonds is 9. The highest BCUT2D eigenvalue weighted by atomic mass is 32.1. The molecule has 1 aromatic heterocycles. The third kappa shape index (κ3) is 6.17. The van der Waals surface area contributed by atoms with Gasteiger partial charge in [0.1, 0.15) is 0 Å². The summed E-state index contributed by atoms with van der Waals surface area (Å²) in [5.41, 5.74) is 3.11. The molecule has 9 nitrogen and oxygen atoms in total. The van der Waals surface area contributed by atoms with Crippen LogP contribution in [0.4, 0.5) is 0 Å². The van der Waals surface area contributed by atoms with Crippen molar-refractivity contribution in [1.29, 1.82) is 0 Å². The highest BCUT2D eigenvalue weighted by molar-refractivity contribution is 7.07. The van der Waals surface area contributed by atoms with E-state index >= 15 is 0 Å². The highest BCUT2D eigenvalue weighted by Gasteiger charge is 2.33. The number of carbonyl (C=O) groups is 2. The Kier molecular flexibility index (Phi) is 8.89. The first kappa shape index (κ1) is 28.8. The number of aryl methyl sites for hydroxylation is 1. The monoisotopic (exact) mass is 564 g/mol. The average Bonchev–Trinajstić information content (AvgIpc) is 3.21. The summed E-state index contributed by atoms with van der Waals surface area (Å²) >= 11 is 1.24. The van der Waals surface area contributed by atoms with E-state index in [0.29, 0.717) is 37.7 Å². The molecule has 40 heavy (non-hydrogen) atoms. The van der Waals surface area contributed by atoms with Gasteiger partial charge in [-0.2, -0.15) is 0 Å². The Morgan fingerprint density at radius 2 is 1.82 bits per heavy atom. The maximum absolute atomic E-state index is 13.8. The van der Waals surface area contributed by atoms with Crippen LogP contribution in [-0.4, -0.2) is 42.9 Å². The lowest BCUT2D eigenvalue weighted by Gasteiger charge is -2.24. The molecule has 210 valence electrons. The molecule has 1 aliphatic heterocycles. The molecular weight excluding hydrogens is 532 g/mol. The zero-order chi connectivity index (χ0) is 29.0. The fourth-order valence-electron chi connectivity index (χ4n) is 4.33. The number of methoxy groups -OCH3 is 1. The largest absolute Gasteiger partial charge is 0.493 e. The second-order valence-electron chi connectivity index (χ2n) is 9.45. The van der Waals surface area contributed by atoms with Crippen molar-refractivity contribution in [3.05, 3.63) is 90.1 Å². The van der Waals surface area contributed by atoms with E-state index < -0.39 is 18.0 Å². The van der Waals surface area contributed by atoms with Crippen molar-refractivity contribution in [1.82, 2.24) is 4.57 Å². The topological polar surface area (TPSA) is 105 Å². The van der Waals surface area contributed by atoms with Crippen LogP contribution in [0.2, 0.25) is 0 Å².